The van der Waals surface area contributed by atoms with E-state index in [2.05, 4.69) is 20.9 Å². The van der Waals surface area contributed by atoms with Crippen molar-refractivity contribution < 1.29 is 13.2 Å². The highest BCUT2D eigenvalue weighted by molar-refractivity contribution is 9.10. The molecule has 0 N–H and O–H groups in total. The van der Waals surface area contributed by atoms with Crippen molar-refractivity contribution in [3.8, 4) is 5.88 Å². The van der Waals surface area contributed by atoms with Gasteiger partial charge in [0.1, 0.15) is 6.10 Å². The van der Waals surface area contributed by atoms with Crippen LogP contribution in [0.1, 0.15) is 5.56 Å². The van der Waals surface area contributed by atoms with Gasteiger partial charge in [-0.2, -0.15) is 4.31 Å². The van der Waals surface area contributed by atoms with Crippen molar-refractivity contribution in [2.24, 2.45) is 0 Å². The van der Waals surface area contributed by atoms with E-state index >= 15 is 0 Å². The van der Waals surface area contributed by atoms with Crippen LogP contribution in [0.3, 0.4) is 0 Å². The summed E-state index contributed by atoms with van der Waals surface area (Å²) in [7, 11) is -3.55. The molecule has 23 heavy (non-hydrogen) atoms. The summed E-state index contributed by atoms with van der Waals surface area (Å²) < 4.78 is 33.1. The lowest BCUT2D eigenvalue weighted by Gasteiger charge is -2.37. The third kappa shape index (κ3) is 3.24. The van der Waals surface area contributed by atoms with Gasteiger partial charge in [0.2, 0.25) is 15.9 Å². The summed E-state index contributed by atoms with van der Waals surface area (Å²) in [5.41, 5.74) is 0.561. The SMILES string of the molecule is Cc1c(Cl)cccc1S(=O)(=O)N1CC(Oc2ncccc2Br)C1. The molecule has 3 rings (SSSR count). The zero-order valence-electron chi connectivity index (χ0n) is 12.2. The lowest BCUT2D eigenvalue weighted by molar-refractivity contribution is 0.0713. The van der Waals surface area contributed by atoms with Crippen LogP contribution >= 0.6 is 27.5 Å². The van der Waals surface area contributed by atoms with Gasteiger partial charge in [-0.1, -0.05) is 17.7 Å². The molecule has 1 aliphatic heterocycles. The Hall–Kier alpha value is -1.15. The summed E-state index contributed by atoms with van der Waals surface area (Å²) in [6.45, 7) is 2.28. The predicted molar refractivity (Wildman–Crippen MR) is 91.3 cm³/mol. The third-order valence-corrected chi connectivity index (χ3v) is 6.64. The minimum atomic E-state index is -3.55. The molecule has 0 spiro atoms. The van der Waals surface area contributed by atoms with E-state index in [-0.39, 0.29) is 24.1 Å². The zero-order valence-corrected chi connectivity index (χ0v) is 15.4. The van der Waals surface area contributed by atoms with Crippen molar-refractivity contribution >= 4 is 37.6 Å². The van der Waals surface area contributed by atoms with Gasteiger partial charge in [0.15, 0.2) is 0 Å². The number of ether oxygens (including phenoxy) is 1. The summed E-state index contributed by atoms with van der Waals surface area (Å²) in [4.78, 5) is 4.36. The monoisotopic (exact) mass is 416 g/mol. The van der Waals surface area contributed by atoms with E-state index in [1.807, 2.05) is 6.07 Å². The average molecular weight is 418 g/mol. The molecule has 1 aliphatic rings. The average Bonchev–Trinajstić information content (AvgIpc) is 2.46. The molecule has 2 aromatic rings. The first-order valence-electron chi connectivity index (χ1n) is 6.92. The van der Waals surface area contributed by atoms with Gasteiger partial charge in [0, 0.05) is 11.2 Å². The summed E-state index contributed by atoms with van der Waals surface area (Å²) >= 11 is 9.37. The van der Waals surface area contributed by atoms with Gasteiger partial charge in [0.05, 0.1) is 22.5 Å². The second-order valence-electron chi connectivity index (χ2n) is 5.22. The highest BCUT2D eigenvalue weighted by atomic mass is 79.9. The Morgan fingerprint density at radius 2 is 2.04 bits per heavy atom. The smallest absolute Gasteiger partial charge is 0.243 e. The van der Waals surface area contributed by atoms with Crippen molar-refractivity contribution in [3.05, 3.63) is 51.6 Å². The number of nitrogens with zero attached hydrogens (tertiary/aromatic N) is 2. The molecular formula is C15H14BrClN2O3S. The number of sulfonamides is 1. The molecule has 1 aromatic carbocycles. The van der Waals surface area contributed by atoms with Crippen LogP contribution < -0.4 is 4.74 Å². The molecule has 0 aliphatic carbocycles. The van der Waals surface area contributed by atoms with Gasteiger partial charge in [0.25, 0.3) is 0 Å². The molecule has 0 saturated carbocycles. The number of pyridine rings is 1. The second-order valence-corrected chi connectivity index (χ2v) is 8.38. The fraction of sp³-hybridized carbons (Fsp3) is 0.267. The highest BCUT2D eigenvalue weighted by Crippen LogP contribution is 2.30. The normalized spacial score (nSPS) is 16.1. The molecular weight excluding hydrogens is 404 g/mol. The summed E-state index contributed by atoms with van der Waals surface area (Å²) in [5.74, 6) is 0.466. The van der Waals surface area contributed by atoms with E-state index in [1.54, 1.807) is 37.4 Å². The summed E-state index contributed by atoms with van der Waals surface area (Å²) in [5, 5.41) is 0.441. The molecule has 0 bridgehead atoms. The molecule has 8 heteroatoms. The highest BCUT2D eigenvalue weighted by Gasteiger charge is 2.39. The Labute approximate surface area is 148 Å². The van der Waals surface area contributed by atoms with Crippen molar-refractivity contribution in [1.29, 1.82) is 0 Å². The predicted octanol–water partition coefficient (Wildman–Crippen LogP) is 3.26. The van der Waals surface area contributed by atoms with Crippen LogP contribution in [0.2, 0.25) is 5.02 Å². The molecule has 0 amide bonds. The van der Waals surface area contributed by atoms with Crippen LogP contribution in [0, 0.1) is 6.92 Å². The molecule has 1 fully saturated rings. The Balaban J connectivity index is 1.71. The van der Waals surface area contributed by atoms with Crippen LogP contribution in [-0.4, -0.2) is 36.9 Å². The fourth-order valence-corrected chi connectivity index (χ4v) is 4.62. The lowest BCUT2D eigenvalue weighted by atomic mass is 10.2. The maximum atomic E-state index is 12.6. The van der Waals surface area contributed by atoms with E-state index < -0.39 is 10.0 Å². The number of halogens is 2. The molecule has 2 heterocycles. The van der Waals surface area contributed by atoms with Crippen molar-refractivity contribution in [2.45, 2.75) is 17.9 Å². The second kappa shape index (κ2) is 6.39. The molecule has 1 saturated heterocycles. The molecule has 0 radical (unpaired) electrons. The van der Waals surface area contributed by atoms with E-state index in [0.717, 1.165) is 4.47 Å². The first-order chi connectivity index (χ1) is 10.9. The van der Waals surface area contributed by atoms with Gasteiger partial charge in [-0.15, -0.1) is 0 Å². The topological polar surface area (TPSA) is 59.5 Å². The Bertz CT molecular complexity index is 838. The fourth-order valence-electron chi connectivity index (χ4n) is 2.29. The van der Waals surface area contributed by atoms with Crippen LogP contribution in [-0.2, 0) is 10.0 Å². The van der Waals surface area contributed by atoms with Gasteiger partial charge in [-0.3, -0.25) is 0 Å². The van der Waals surface area contributed by atoms with Crippen molar-refractivity contribution in [2.75, 3.05) is 13.1 Å². The van der Waals surface area contributed by atoms with Crippen LogP contribution in [0.25, 0.3) is 0 Å². The summed E-state index contributed by atoms with van der Waals surface area (Å²) in [6.07, 6.45) is 1.42. The molecule has 0 atom stereocenters. The number of aromatic nitrogens is 1. The third-order valence-electron chi connectivity index (χ3n) is 3.65. The quantitative estimate of drug-likeness (QED) is 0.766. The Morgan fingerprint density at radius 3 is 2.74 bits per heavy atom. The van der Waals surface area contributed by atoms with Gasteiger partial charge in [-0.05, 0) is 52.7 Å². The number of hydrogen-bond acceptors (Lipinski definition) is 4. The minimum absolute atomic E-state index is 0.213. The van der Waals surface area contributed by atoms with Crippen LogP contribution in [0.5, 0.6) is 5.88 Å². The molecule has 5 nitrogen and oxygen atoms in total. The van der Waals surface area contributed by atoms with Crippen LogP contribution in [0.4, 0.5) is 0 Å². The molecule has 0 unspecified atom stereocenters. The van der Waals surface area contributed by atoms with E-state index in [4.69, 9.17) is 16.3 Å². The largest absolute Gasteiger partial charge is 0.471 e. The van der Waals surface area contributed by atoms with Crippen molar-refractivity contribution in [3.63, 3.8) is 0 Å². The number of hydrogen-bond donors (Lipinski definition) is 0. The lowest BCUT2D eigenvalue weighted by Crippen LogP contribution is -2.56. The first-order valence-corrected chi connectivity index (χ1v) is 9.53. The van der Waals surface area contributed by atoms with Crippen molar-refractivity contribution in [1.82, 2.24) is 9.29 Å². The standard InChI is InChI=1S/C15H14BrClN2O3S/c1-10-13(17)5-2-6-14(10)23(20,21)19-8-11(9-19)22-15-12(16)4-3-7-18-15/h2-7,11H,8-9H2,1H3. The van der Waals surface area contributed by atoms with E-state index in [9.17, 15) is 8.42 Å². The molecule has 122 valence electrons. The van der Waals surface area contributed by atoms with E-state index in [0.29, 0.717) is 16.5 Å². The zero-order chi connectivity index (χ0) is 16.6. The number of rotatable bonds is 4. The minimum Gasteiger partial charge on any atom is -0.471 e. The Morgan fingerprint density at radius 1 is 1.30 bits per heavy atom. The summed E-state index contributed by atoms with van der Waals surface area (Å²) in [6, 6.07) is 8.50. The van der Waals surface area contributed by atoms with Gasteiger partial charge < -0.3 is 4.74 Å². The van der Waals surface area contributed by atoms with E-state index in [1.165, 1.54) is 4.31 Å². The maximum absolute atomic E-state index is 12.6. The number of benzene rings is 1. The maximum Gasteiger partial charge on any atom is 0.243 e. The Kier molecular flexibility index (Phi) is 4.64. The van der Waals surface area contributed by atoms with Gasteiger partial charge in [-0.25, -0.2) is 13.4 Å². The van der Waals surface area contributed by atoms with Crippen LogP contribution in [0.15, 0.2) is 45.9 Å². The first kappa shape index (κ1) is 16.7. The van der Waals surface area contributed by atoms with Gasteiger partial charge >= 0.3 is 0 Å². The molecule has 1 aromatic heterocycles.